The first-order valence-corrected chi connectivity index (χ1v) is 6.34. The van der Waals surface area contributed by atoms with Gasteiger partial charge in [0.25, 0.3) is 5.91 Å². The van der Waals surface area contributed by atoms with E-state index in [1.807, 2.05) is 6.07 Å². The lowest BCUT2D eigenvalue weighted by Crippen LogP contribution is -2.32. The minimum atomic E-state index is -0.503. The number of ether oxygens (including phenoxy) is 2. The Morgan fingerprint density at radius 3 is 3.00 bits per heavy atom. The molecule has 1 aromatic carbocycles. The number of carbonyl (C=O) groups excluding carboxylic acids is 1. The Bertz CT molecular complexity index is 563. The molecule has 0 aromatic heterocycles. The SMILES string of the molecule is C=CCN1CCC(Oc2ccc(C#N)cc2OC)C1=O. The van der Waals surface area contributed by atoms with Crippen LogP contribution in [0.3, 0.4) is 0 Å². The van der Waals surface area contributed by atoms with Gasteiger partial charge in [0, 0.05) is 25.6 Å². The van der Waals surface area contributed by atoms with Crippen LogP contribution in [-0.4, -0.2) is 37.1 Å². The van der Waals surface area contributed by atoms with E-state index < -0.39 is 6.10 Å². The fourth-order valence-corrected chi connectivity index (χ4v) is 2.14. The molecule has 1 unspecified atom stereocenters. The van der Waals surface area contributed by atoms with Gasteiger partial charge in [-0.2, -0.15) is 5.26 Å². The summed E-state index contributed by atoms with van der Waals surface area (Å²) in [7, 11) is 1.50. The van der Waals surface area contributed by atoms with Gasteiger partial charge in [-0.1, -0.05) is 6.08 Å². The second-order valence-electron chi connectivity index (χ2n) is 4.45. The van der Waals surface area contributed by atoms with E-state index in [-0.39, 0.29) is 5.91 Å². The highest BCUT2D eigenvalue weighted by Crippen LogP contribution is 2.30. The van der Waals surface area contributed by atoms with Gasteiger partial charge in [0.15, 0.2) is 17.6 Å². The first kappa shape index (κ1) is 13.9. The molecule has 1 fully saturated rings. The third-order valence-electron chi connectivity index (χ3n) is 3.16. The summed E-state index contributed by atoms with van der Waals surface area (Å²) in [6, 6.07) is 6.92. The Balaban J connectivity index is 2.13. The molecule has 5 heteroatoms. The topological polar surface area (TPSA) is 62.6 Å². The van der Waals surface area contributed by atoms with Crippen LogP contribution in [-0.2, 0) is 4.79 Å². The van der Waals surface area contributed by atoms with Crippen molar-refractivity contribution in [1.82, 2.24) is 4.90 Å². The van der Waals surface area contributed by atoms with Gasteiger partial charge < -0.3 is 14.4 Å². The van der Waals surface area contributed by atoms with Crippen molar-refractivity contribution >= 4 is 5.91 Å². The second-order valence-corrected chi connectivity index (χ2v) is 4.45. The van der Waals surface area contributed by atoms with E-state index in [0.717, 1.165) is 0 Å². The Morgan fingerprint density at radius 2 is 2.35 bits per heavy atom. The van der Waals surface area contributed by atoms with Crippen molar-refractivity contribution in [2.45, 2.75) is 12.5 Å². The monoisotopic (exact) mass is 272 g/mol. The van der Waals surface area contributed by atoms with Gasteiger partial charge in [0.05, 0.1) is 18.7 Å². The predicted molar refractivity (Wildman–Crippen MR) is 73.5 cm³/mol. The van der Waals surface area contributed by atoms with Crippen molar-refractivity contribution in [2.24, 2.45) is 0 Å². The molecule has 0 aliphatic carbocycles. The molecule has 1 aliphatic rings. The van der Waals surface area contributed by atoms with E-state index in [1.165, 1.54) is 7.11 Å². The number of amides is 1. The maximum atomic E-state index is 12.1. The minimum Gasteiger partial charge on any atom is -0.493 e. The lowest BCUT2D eigenvalue weighted by molar-refractivity contribution is -0.132. The molecule has 1 heterocycles. The van der Waals surface area contributed by atoms with Gasteiger partial charge in [-0.15, -0.1) is 6.58 Å². The fraction of sp³-hybridized carbons (Fsp3) is 0.333. The molecular formula is C15H16N2O3. The normalized spacial score (nSPS) is 17.7. The smallest absolute Gasteiger partial charge is 0.263 e. The average Bonchev–Trinajstić information content (AvgIpc) is 2.81. The van der Waals surface area contributed by atoms with E-state index >= 15 is 0 Å². The number of rotatable bonds is 5. The molecule has 0 radical (unpaired) electrons. The van der Waals surface area contributed by atoms with Gasteiger partial charge in [-0.05, 0) is 12.1 Å². The molecule has 0 spiro atoms. The molecule has 1 saturated heterocycles. The number of carbonyl (C=O) groups is 1. The Morgan fingerprint density at radius 1 is 1.55 bits per heavy atom. The van der Waals surface area contributed by atoms with Gasteiger partial charge in [-0.3, -0.25) is 4.79 Å². The lowest BCUT2D eigenvalue weighted by Gasteiger charge is -2.16. The molecule has 2 rings (SSSR count). The van der Waals surface area contributed by atoms with Crippen LogP contribution in [0, 0.1) is 11.3 Å². The van der Waals surface area contributed by atoms with Crippen LogP contribution in [0.1, 0.15) is 12.0 Å². The predicted octanol–water partition coefficient (Wildman–Crippen LogP) is 1.73. The van der Waals surface area contributed by atoms with Crippen LogP contribution in [0.5, 0.6) is 11.5 Å². The first-order chi connectivity index (χ1) is 9.69. The van der Waals surface area contributed by atoms with E-state index in [2.05, 4.69) is 6.58 Å². The number of methoxy groups -OCH3 is 1. The average molecular weight is 272 g/mol. The summed E-state index contributed by atoms with van der Waals surface area (Å²) < 4.78 is 10.9. The summed E-state index contributed by atoms with van der Waals surface area (Å²) in [5, 5.41) is 8.85. The zero-order chi connectivity index (χ0) is 14.5. The van der Waals surface area contributed by atoms with Gasteiger partial charge in [0.2, 0.25) is 0 Å². The van der Waals surface area contributed by atoms with Crippen LogP contribution < -0.4 is 9.47 Å². The van der Waals surface area contributed by atoms with Crippen LogP contribution >= 0.6 is 0 Å². The number of hydrogen-bond donors (Lipinski definition) is 0. The maximum absolute atomic E-state index is 12.1. The molecule has 1 atom stereocenters. The van der Waals surface area contributed by atoms with Crippen molar-refractivity contribution in [3.8, 4) is 17.6 Å². The van der Waals surface area contributed by atoms with Crippen molar-refractivity contribution in [1.29, 1.82) is 5.26 Å². The van der Waals surface area contributed by atoms with Crippen molar-refractivity contribution in [2.75, 3.05) is 20.2 Å². The number of hydrogen-bond acceptors (Lipinski definition) is 4. The van der Waals surface area contributed by atoms with Gasteiger partial charge in [-0.25, -0.2) is 0 Å². The summed E-state index contributed by atoms with van der Waals surface area (Å²) in [5.41, 5.74) is 0.486. The zero-order valence-electron chi connectivity index (χ0n) is 11.3. The quantitative estimate of drug-likeness (QED) is 0.766. The third kappa shape index (κ3) is 2.75. The maximum Gasteiger partial charge on any atom is 0.263 e. The fourth-order valence-electron chi connectivity index (χ4n) is 2.14. The van der Waals surface area contributed by atoms with E-state index in [9.17, 15) is 4.79 Å². The molecule has 0 bridgehead atoms. The van der Waals surface area contributed by atoms with Crippen LogP contribution in [0.25, 0.3) is 0 Å². The highest BCUT2D eigenvalue weighted by atomic mass is 16.5. The molecule has 5 nitrogen and oxygen atoms in total. The number of likely N-dealkylation sites (tertiary alicyclic amines) is 1. The molecule has 20 heavy (non-hydrogen) atoms. The summed E-state index contributed by atoms with van der Waals surface area (Å²) >= 11 is 0. The Kier molecular flexibility index (Phi) is 4.26. The lowest BCUT2D eigenvalue weighted by atomic mass is 10.2. The summed E-state index contributed by atoms with van der Waals surface area (Å²) in [6.07, 6.45) is 1.83. The highest BCUT2D eigenvalue weighted by Gasteiger charge is 2.33. The van der Waals surface area contributed by atoms with Crippen molar-refractivity contribution in [3.05, 3.63) is 36.4 Å². The van der Waals surface area contributed by atoms with Crippen LogP contribution in [0.4, 0.5) is 0 Å². The van der Waals surface area contributed by atoms with E-state index in [4.69, 9.17) is 14.7 Å². The number of nitriles is 1. The van der Waals surface area contributed by atoms with Gasteiger partial charge >= 0.3 is 0 Å². The molecule has 104 valence electrons. The van der Waals surface area contributed by atoms with Crippen molar-refractivity contribution < 1.29 is 14.3 Å². The molecule has 1 aliphatic heterocycles. The summed E-state index contributed by atoms with van der Waals surface area (Å²) in [5.74, 6) is 0.889. The van der Waals surface area contributed by atoms with E-state index in [0.29, 0.717) is 36.6 Å². The zero-order valence-corrected chi connectivity index (χ0v) is 11.3. The summed E-state index contributed by atoms with van der Waals surface area (Å²) in [4.78, 5) is 13.8. The summed E-state index contributed by atoms with van der Waals surface area (Å²) in [6.45, 7) is 4.82. The minimum absolute atomic E-state index is 0.0451. The van der Waals surface area contributed by atoms with Crippen LogP contribution in [0.2, 0.25) is 0 Å². The van der Waals surface area contributed by atoms with Gasteiger partial charge in [0.1, 0.15) is 0 Å². The first-order valence-electron chi connectivity index (χ1n) is 6.34. The number of nitrogens with zero attached hydrogens (tertiary/aromatic N) is 2. The molecular weight excluding hydrogens is 256 g/mol. The molecule has 1 aromatic rings. The number of benzene rings is 1. The molecule has 0 N–H and O–H groups in total. The highest BCUT2D eigenvalue weighted by molar-refractivity contribution is 5.83. The Labute approximate surface area is 118 Å². The third-order valence-corrected chi connectivity index (χ3v) is 3.16. The Hall–Kier alpha value is -2.48. The van der Waals surface area contributed by atoms with Crippen LogP contribution in [0.15, 0.2) is 30.9 Å². The molecule has 0 saturated carbocycles. The van der Waals surface area contributed by atoms with Crippen molar-refractivity contribution in [3.63, 3.8) is 0 Å². The largest absolute Gasteiger partial charge is 0.493 e. The standard InChI is InChI=1S/C15H16N2O3/c1-3-7-17-8-6-13(15(17)18)20-12-5-4-11(10-16)9-14(12)19-2/h3-5,9,13H,1,6-8H2,2H3. The second kappa shape index (κ2) is 6.11. The molecule has 1 amide bonds. The van der Waals surface area contributed by atoms with E-state index in [1.54, 1.807) is 29.2 Å².